The van der Waals surface area contributed by atoms with Gasteiger partial charge in [0.15, 0.2) is 0 Å². The number of hydrogen-bond donors (Lipinski definition) is 1. The van der Waals surface area contributed by atoms with Gasteiger partial charge in [0.1, 0.15) is 11.4 Å². The van der Waals surface area contributed by atoms with Crippen molar-refractivity contribution >= 4 is 11.7 Å². The van der Waals surface area contributed by atoms with E-state index >= 15 is 0 Å². The highest BCUT2D eigenvalue weighted by Crippen LogP contribution is 2.18. The summed E-state index contributed by atoms with van der Waals surface area (Å²) < 4.78 is 5.23. The summed E-state index contributed by atoms with van der Waals surface area (Å²) in [5, 5.41) is 2.60. The van der Waals surface area contributed by atoms with Crippen molar-refractivity contribution in [3.63, 3.8) is 0 Å². The fraction of sp³-hybridized carbons (Fsp3) is 0.267. The molecule has 1 fully saturated rings. The molecule has 1 aliphatic heterocycles. The van der Waals surface area contributed by atoms with Crippen LogP contribution in [0, 0.1) is 0 Å². The molecule has 2 amide bonds. The second-order valence-electron chi connectivity index (χ2n) is 4.87. The van der Waals surface area contributed by atoms with E-state index < -0.39 is 5.63 Å². The van der Waals surface area contributed by atoms with E-state index in [1.165, 1.54) is 0 Å². The zero-order chi connectivity index (χ0) is 14.7. The maximum atomic E-state index is 11.9. The number of anilines is 1. The molecule has 6 heteroatoms. The number of hydrogen-bond acceptors (Lipinski definition) is 4. The third kappa shape index (κ3) is 2.94. The fourth-order valence-electron chi connectivity index (χ4n) is 2.29. The molecule has 0 aliphatic carbocycles. The van der Waals surface area contributed by atoms with Gasteiger partial charge in [-0.05, 0) is 37.1 Å². The molecule has 21 heavy (non-hydrogen) atoms. The normalized spacial score (nSPS) is 14.2. The third-order valence-corrected chi connectivity index (χ3v) is 3.40. The van der Waals surface area contributed by atoms with E-state index in [2.05, 4.69) is 10.3 Å². The fourth-order valence-corrected chi connectivity index (χ4v) is 2.29. The largest absolute Gasteiger partial charge is 0.421 e. The van der Waals surface area contributed by atoms with Crippen LogP contribution in [0.4, 0.5) is 10.5 Å². The van der Waals surface area contributed by atoms with E-state index in [1.54, 1.807) is 41.6 Å². The Morgan fingerprint density at radius 3 is 2.71 bits per heavy atom. The summed E-state index contributed by atoms with van der Waals surface area (Å²) in [7, 11) is 0. The smallest absolute Gasteiger partial charge is 0.360 e. The highest BCUT2D eigenvalue weighted by atomic mass is 16.4. The number of urea groups is 1. The molecule has 3 heterocycles. The SMILES string of the molecule is O=C(Nc1ccc(-c2cccnc2)oc1=O)N1CCCC1. The summed E-state index contributed by atoms with van der Waals surface area (Å²) in [6.07, 6.45) is 5.26. The molecule has 2 aromatic heterocycles. The van der Waals surface area contributed by atoms with E-state index in [9.17, 15) is 9.59 Å². The maximum absolute atomic E-state index is 11.9. The molecule has 0 bridgehead atoms. The van der Waals surface area contributed by atoms with Gasteiger partial charge in [-0.3, -0.25) is 4.98 Å². The van der Waals surface area contributed by atoms with Crippen molar-refractivity contribution in [3.8, 4) is 11.3 Å². The van der Waals surface area contributed by atoms with Crippen LogP contribution < -0.4 is 10.9 Å². The Kier molecular flexibility index (Phi) is 3.68. The summed E-state index contributed by atoms with van der Waals surface area (Å²) in [6, 6.07) is 6.51. The number of carbonyl (C=O) groups is 1. The quantitative estimate of drug-likeness (QED) is 0.918. The average Bonchev–Trinajstić information content (AvgIpc) is 3.04. The summed E-state index contributed by atoms with van der Waals surface area (Å²) in [4.78, 5) is 29.6. The monoisotopic (exact) mass is 285 g/mol. The molecule has 0 aromatic carbocycles. The molecule has 2 aromatic rings. The standard InChI is InChI=1S/C15H15N3O3/c19-14-12(17-15(20)18-8-1-2-9-18)5-6-13(21-14)11-4-3-7-16-10-11/h3-7,10H,1-2,8-9H2,(H,17,20). The van der Waals surface area contributed by atoms with E-state index in [4.69, 9.17) is 4.42 Å². The van der Waals surface area contributed by atoms with E-state index in [1.807, 2.05) is 0 Å². The summed E-state index contributed by atoms with van der Waals surface area (Å²) in [5.74, 6) is 0.423. The van der Waals surface area contributed by atoms with E-state index in [0.29, 0.717) is 11.3 Å². The highest BCUT2D eigenvalue weighted by Gasteiger charge is 2.19. The number of nitrogens with one attached hydrogen (secondary N) is 1. The van der Waals surface area contributed by atoms with Crippen LogP contribution in [0.25, 0.3) is 11.3 Å². The minimum atomic E-state index is -0.566. The minimum Gasteiger partial charge on any atom is -0.421 e. The lowest BCUT2D eigenvalue weighted by Gasteiger charge is -2.15. The van der Waals surface area contributed by atoms with Crippen LogP contribution in [-0.2, 0) is 0 Å². The predicted molar refractivity (Wildman–Crippen MR) is 78.0 cm³/mol. The second kappa shape index (κ2) is 5.78. The topological polar surface area (TPSA) is 75.4 Å². The van der Waals surface area contributed by atoms with Crippen LogP contribution in [0.3, 0.4) is 0 Å². The Bertz CT molecular complexity index is 691. The molecule has 0 spiro atoms. The molecule has 108 valence electrons. The van der Waals surface area contributed by atoms with Crippen molar-refractivity contribution in [2.45, 2.75) is 12.8 Å². The summed E-state index contributed by atoms with van der Waals surface area (Å²) in [5.41, 5.74) is 0.301. The van der Waals surface area contributed by atoms with Gasteiger partial charge in [-0.1, -0.05) is 0 Å². The van der Waals surface area contributed by atoms with Gasteiger partial charge in [0.2, 0.25) is 0 Å². The third-order valence-electron chi connectivity index (χ3n) is 3.40. The predicted octanol–water partition coefficient (Wildman–Crippen LogP) is 2.33. The van der Waals surface area contributed by atoms with Crippen molar-refractivity contribution in [2.75, 3.05) is 18.4 Å². The molecule has 0 unspecified atom stereocenters. The molecule has 1 saturated heterocycles. The number of aromatic nitrogens is 1. The first-order valence-corrected chi connectivity index (χ1v) is 6.84. The first kappa shape index (κ1) is 13.4. The van der Waals surface area contributed by atoms with Gasteiger partial charge in [0, 0.05) is 31.0 Å². The molecule has 1 N–H and O–H groups in total. The zero-order valence-electron chi connectivity index (χ0n) is 11.4. The van der Waals surface area contributed by atoms with Crippen molar-refractivity contribution in [2.24, 2.45) is 0 Å². The van der Waals surface area contributed by atoms with Crippen molar-refractivity contribution in [3.05, 3.63) is 47.1 Å². The van der Waals surface area contributed by atoms with Gasteiger partial charge in [-0.15, -0.1) is 0 Å². The lowest BCUT2D eigenvalue weighted by Crippen LogP contribution is -2.33. The van der Waals surface area contributed by atoms with E-state index in [-0.39, 0.29) is 11.7 Å². The number of carbonyl (C=O) groups excluding carboxylic acids is 1. The molecule has 6 nitrogen and oxygen atoms in total. The number of pyridine rings is 1. The lowest BCUT2D eigenvalue weighted by molar-refractivity contribution is 0.222. The van der Waals surface area contributed by atoms with Gasteiger partial charge >= 0.3 is 11.7 Å². The van der Waals surface area contributed by atoms with Crippen LogP contribution in [0.1, 0.15) is 12.8 Å². The van der Waals surface area contributed by atoms with Crippen LogP contribution in [0.15, 0.2) is 45.9 Å². The van der Waals surface area contributed by atoms with Crippen LogP contribution in [0.2, 0.25) is 0 Å². The molecule has 0 atom stereocenters. The molecular formula is C15H15N3O3. The Labute approximate surface area is 121 Å². The summed E-state index contributed by atoms with van der Waals surface area (Å²) in [6.45, 7) is 1.45. The molecule has 0 saturated carbocycles. The molecular weight excluding hydrogens is 270 g/mol. The first-order chi connectivity index (χ1) is 10.2. The molecule has 1 aliphatic rings. The maximum Gasteiger partial charge on any atom is 0.360 e. The van der Waals surface area contributed by atoms with Gasteiger partial charge in [-0.25, -0.2) is 9.59 Å². The zero-order valence-corrected chi connectivity index (χ0v) is 11.4. The summed E-state index contributed by atoms with van der Waals surface area (Å²) >= 11 is 0. The Morgan fingerprint density at radius 1 is 1.24 bits per heavy atom. The first-order valence-electron chi connectivity index (χ1n) is 6.84. The Balaban J connectivity index is 1.79. The highest BCUT2D eigenvalue weighted by molar-refractivity contribution is 5.89. The Hall–Kier alpha value is -2.63. The molecule has 0 radical (unpaired) electrons. The van der Waals surface area contributed by atoms with Crippen molar-refractivity contribution < 1.29 is 9.21 Å². The average molecular weight is 285 g/mol. The number of likely N-dealkylation sites (tertiary alicyclic amines) is 1. The van der Waals surface area contributed by atoms with Gasteiger partial charge in [-0.2, -0.15) is 0 Å². The van der Waals surface area contributed by atoms with Crippen molar-refractivity contribution in [1.82, 2.24) is 9.88 Å². The Morgan fingerprint density at radius 2 is 2.05 bits per heavy atom. The molecule has 3 rings (SSSR count). The van der Waals surface area contributed by atoms with Crippen LogP contribution >= 0.6 is 0 Å². The van der Waals surface area contributed by atoms with Crippen LogP contribution in [-0.4, -0.2) is 29.0 Å². The number of amides is 2. The second-order valence-corrected chi connectivity index (χ2v) is 4.87. The minimum absolute atomic E-state index is 0.152. The van der Waals surface area contributed by atoms with Gasteiger partial charge < -0.3 is 14.6 Å². The number of rotatable bonds is 2. The van der Waals surface area contributed by atoms with Gasteiger partial charge in [0.25, 0.3) is 0 Å². The van der Waals surface area contributed by atoms with Crippen molar-refractivity contribution in [1.29, 1.82) is 0 Å². The number of nitrogens with zero attached hydrogens (tertiary/aromatic N) is 2. The van der Waals surface area contributed by atoms with Crippen LogP contribution in [0.5, 0.6) is 0 Å². The van der Waals surface area contributed by atoms with E-state index in [0.717, 1.165) is 25.9 Å². The van der Waals surface area contributed by atoms with Gasteiger partial charge in [0.05, 0.1) is 0 Å². The lowest BCUT2D eigenvalue weighted by atomic mass is 10.2.